The highest BCUT2D eigenvalue weighted by Gasteiger charge is 2.32. The van der Waals surface area contributed by atoms with Gasteiger partial charge in [0.1, 0.15) is 5.75 Å². The number of rotatable bonds is 6. The molecular formula is C26H25F2NO3S. The van der Waals surface area contributed by atoms with Gasteiger partial charge < -0.3 is 14.8 Å². The smallest absolute Gasteiger partial charge is 0.294 e. The van der Waals surface area contributed by atoms with E-state index in [2.05, 4.69) is 25.2 Å². The number of benzene rings is 2. The van der Waals surface area contributed by atoms with Crippen LogP contribution in [0.1, 0.15) is 47.8 Å². The number of nitrogens with one attached hydrogen (secondary N) is 1. The van der Waals surface area contributed by atoms with Crippen molar-refractivity contribution in [2.45, 2.75) is 39.3 Å². The molecule has 0 amide bonds. The third-order valence-electron chi connectivity index (χ3n) is 5.68. The van der Waals surface area contributed by atoms with Gasteiger partial charge in [-0.2, -0.15) is 0 Å². The van der Waals surface area contributed by atoms with Gasteiger partial charge in [-0.1, -0.05) is 12.1 Å². The van der Waals surface area contributed by atoms with Crippen LogP contribution in [0.3, 0.4) is 0 Å². The molecule has 2 aromatic carbocycles. The molecule has 0 saturated carbocycles. The van der Waals surface area contributed by atoms with Gasteiger partial charge in [0.25, 0.3) is 6.47 Å². The van der Waals surface area contributed by atoms with Crippen molar-refractivity contribution < 1.29 is 23.0 Å². The van der Waals surface area contributed by atoms with Gasteiger partial charge in [-0.3, -0.25) is 4.79 Å². The van der Waals surface area contributed by atoms with Crippen LogP contribution in [-0.4, -0.2) is 19.1 Å². The van der Waals surface area contributed by atoms with Gasteiger partial charge in [0.15, 0.2) is 17.7 Å². The lowest BCUT2D eigenvalue weighted by Gasteiger charge is -2.34. The zero-order chi connectivity index (χ0) is 23.9. The number of fused-ring (bicyclic) bond motifs is 1. The summed E-state index contributed by atoms with van der Waals surface area (Å²) in [6.07, 6.45) is 1.36. The molecule has 0 radical (unpaired) electrons. The fourth-order valence-corrected chi connectivity index (χ4v) is 5.41. The molecule has 1 atom stereocenters. The van der Waals surface area contributed by atoms with Gasteiger partial charge in [-0.15, -0.1) is 11.3 Å². The minimum atomic E-state index is -0.996. The second kappa shape index (κ2) is 8.63. The Morgan fingerprint density at radius 1 is 1.06 bits per heavy atom. The number of hydrogen-bond donors (Lipinski definition) is 1. The predicted molar refractivity (Wildman–Crippen MR) is 128 cm³/mol. The minimum Gasteiger partial charge on any atom is -0.496 e. The molecule has 4 nitrogen and oxygen atoms in total. The molecule has 0 saturated heterocycles. The van der Waals surface area contributed by atoms with E-state index in [0.717, 1.165) is 38.7 Å². The number of thiophene rings is 1. The zero-order valence-electron chi connectivity index (χ0n) is 19.1. The summed E-state index contributed by atoms with van der Waals surface area (Å²) in [5.74, 6) is -1.79. The highest BCUT2D eigenvalue weighted by molar-refractivity contribution is 7.12. The Balaban J connectivity index is 2.08. The largest absolute Gasteiger partial charge is 0.496 e. The van der Waals surface area contributed by atoms with E-state index in [0.29, 0.717) is 23.2 Å². The summed E-state index contributed by atoms with van der Waals surface area (Å²) in [6.45, 7) is 8.52. The molecule has 1 aromatic heterocycles. The Labute approximate surface area is 195 Å². The Morgan fingerprint density at radius 2 is 1.79 bits per heavy atom. The molecule has 1 aliphatic heterocycles. The molecule has 4 rings (SSSR count). The number of hydrogen-bond acceptors (Lipinski definition) is 5. The van der Waals surface area contributed by atoms with Crippen LogP contribution in [0.2, 0.25) is 0 Å². The predicted octanol–water partition coefficient (Wildman–Crippen LogP) is 6.88. The van der Waals surface area contributed by atoms with E-state index in [4.69, 9.17) is 9.47 Å². The highest BCUT2D eigenvalue weighted by atomic mass is 32.1. The van der Waals surface area contributed by atoms with Crippen LogP contribution < -0.4 is 10.1 Å². The number of allylic oxidation sites excluding steroid dienone is 1. The molecule has 1 unspecified atom stereocenters. The Morgan fingerprint density at radius 3 is 2.42 bits per heavy atom. The number of halogens is 2. The van der Waals surface area contributed by atoms with Crippen LogP contribution in [0.15, 0.2) is 42.5 Å². The number of methoxy groups -OCH3 is 1. The molecule has 33 heavy (non-hydrogen) atoms. The van der Waals surface area contributed by atoms with E-state index < -0.39 is 17.7 Å². The fourth-order valence-electron chi connectivity index (χ4n) is 4.49. The normalized spacial score (nSPS) is 15.2. The third-order valence-corrected chi connectivity index (χ3v) is 6.72. The van der Waals surface area contributed by atoms with Crippen molar-refractivity contribution in [2.75, 3.05) is 12.4 Å². The van der Waals surface area contributed by atoms with Crippen LogP contribution in [0.4, 0.5) is 14.5 Å². The number of ether oxygens (including phenoxy) is 2. The van der Waals surface area contributed by atoms with Crippen molar-refractivity contribution in [3.8, 4) is 16.9 Å². The fraction of sp³-hybridized carbons (Fsp3) is 0.269. The van der Waals surface area contributed by atoms with E-state index in [-0.39, 0.29) is 11.3 Å². The minimum absolute atomic E-state index is 0.188. The first-order chi connectivity index (χ1) is 15.6. The van der Waals surface area contributed by atoms with Crippen LogP contribution in [0.25, 0.3) is 16.7 Å². The summed E-state index contributed by atoms with van der Waals surface area (Å²) >= 11 is 1.51. The second-order valence-electron chi connectivity index (χ2n) is 8.65. The van der Waals surface area contributed by atoms with E-state index in [1.807, 2.05) is 38.1 Å². The molecule has 0 bridgehead atoms. The Kier molecular flexibility index (Phi) is 6.01. The molecule has 2 heterocycles. The van der Waals surface area contributed by atoms with Gasteiger partial charge >= 0.3 is 0 Å². The SMILES string of the molecule is COc1cc(F)c(F)cc1-c1ccc2c(c1C(OC=O)c1ccc(C)s1)C(C)=CC(C)(C)N2. The van der Waals surface area contributed by atoms with Crippen LogP contribution in [0, 0.1) is 18.6 Å². The van der Waals surface area contributed by atoms with Crippen LogP contribution in [-0.2, 0) is 9.53 Å². The van der Waals surface area contributed by atoms with Crippen molar-refractivity contribution in [3.05, 3.63) is 75.0 Å². The van der Waals surface area contributed by atoms with Crippen LogP contribution >= 0.6 is 11.3 Å². The average molecular weight is 470 g/mol. The van der Waals surface area contributed by atoms with Crippen molar-refractivity contribution in [1.82, 2.24) is 0 Å². The Hall–Kier alpha value is -3.19. The summed E-state index contributed by atoms with van der Waals surface area (Å²) in [7, 11) is 1.41. The van der Waals surface area contributed by atoms with E-state index in [1.165, 1.54) is 18.4 Å². The molecule has 3 aromatic rings. The lowest BCUT2D eigenvalue weighted by molar-refractivity contribution is -0.132. The molecule has 172 valence electrons. The third kappa shape index (κ3) is 4.25. The monoisotopic (exact) mass is 469 g/mol. The first kappa shape index (κ1) is 23.0. The average Bonchev–Trinajstić information content (AvgIpc) is 3.18. The number of carbonyl (C=O) groups excluding carboxylic acids is 1. The molecular weight excluding hydrogens is 444 g/mol. The van der Waals surface area contributed by atoms with Gasteiger partial charge in [-0.05, 0) is 63.1 Å². The van der Waals surface area contributed by atoms with Gasteiger partial charge in [0.2, 0.25) is 0 Å². The van der Waals surface area contributed by atoms with Gasteiger partial charge in [-0.25, -0.2) is 8.78 Å². The maximum atomic E-state index is 14.4. The van der Waals surface area contributed by atoms with Crippen molar-refractivity contribution in [2.24, 2.45) is 0 Å². The number of carbonyl (C=O) groups is 1. The van der Waals surface area contributed by atoms with E-state index >= 15 is 0 Å². The molecule has 7 heteroatoms. The van der Waals surface area contributed by atoms with Gasteiger partial charge in [0.05, 0.1) is 12.6 Å². The van der Waals surface area contributed by atoms with Crippen molar-refractivity contribution in [3.63, 3.8) is 0 Å². The lowest BCUT2D eigenvalue weighted by Crippen LogP contribution is -2.32. The maximum Gasteiger partial charge on any atom is 0.294 e. The summed E-state index contributed by atoms with van der Waals surface area (Å²) in [5.41, 5.74) is 4.08. The molecule has 1 N–H and O–H groups in total. The summed E-state index contributed by atoms with van der Waals surface area (Å²) in [5, 5.41) is 3.51. The van der Waals surface area contributed by atoms with E-state index in [9.17, 15) is 13.6 Å². The molecule has 0 spiro atoms. The molecule has 0 fully saturated rings. The summed E-state index contributed by atoms with van der Waals surface area (Å²) in [6, 6.07) is 9.76. The standard InChI is InChI=1S/C26H25F2NO3S/c1-14-12-26(3,4)29-20-8-7-16(17-10-18(27)19(28)11-21(17)31-5)24(23(14)20)25(32-13-30)22-9-6-15(2)33-22/h6-13,25,29H,1-5H3. The highest BCUT2D eigenvalue weighted by Crippen LogP contribution is 2.48. The van der Waals surface area contributed by atoms with Gasteiger partial charge in [0, 0.05) is 38.2 Å². The number of aryl methyl sites for hydroxylation is 1. The number of anilines is 1. The molecule has 0 aliphatic carbocycles. The lowest BCUT2D eigenvalue weighted by atomic mass is 9.82. The zero-order valence-corrected chi connectivity index (χ0v) is 19.9. The first-order valence-electron chi connectivity index (χ1n) is 10.5. The maximum absolute atomic E-state index is 14.4. The van der Waals surface area contributed by atoms with Crippen LogP contribution in [0.5, 0.6) is 5.75 Å². The second-order valence-corrected chi connectivity index (χ2v) is 9.97. The first-order valence-corrected chi connectivity index (χ1v) is 11.3. The van der Waals surface area contributed by atoms with Crippen molar-refractivity contribution in [1.29, 1.82) is 0 Å². The topological polar surface area (TPSA) is 47.6 Å². The van der Waals surface area contributed by atoms with Crippen molar-refractivity contribution >= 4 is 29.1 Å². The summed E-state index contributed by atoms with van der Waals surface area (Å²) in [4.78, 5) is 13.5. The summed E-state index contributed by atoms with van der Waals surface area (Å²) < 4.78 is 39.4. The quantitative estimate of drug-likeness (QED) is 0.400. The Bertz CT molecular complexity index is 1260. The molecule has 1 aliphatic rings. The van der Waals surface area contributed by atoms with E-state index in [1.54, 1.807) is 0 Å².